The third-order valence-corrected chi connectivity index (χ3v) is 3.98. The van der Waals surface area contributed by atoms with Crippen LogP contribution in [0.5, 0.6) is 5.75 Å². The first-order valence-corrected chi connectivity index (χ1v) is 7.27. The van der Waals surface area contributed by atoms with Gasteiger partial charge in [0.1, 0.15) is 5.75 Å². The molecule has 0 radical (unpaired) electrons. The van der Waals surface area contributed by atoms with Gasteiger partial charge in [0.15, 0.2) is 0 Å². The summed E-state index contributed by atoms with van der Waals surface area (Å²) < 4.78 is 0. The molecular weight excluding hydrogens is 262 g/mol. The smallest absolute Gasteiger partial charge is 0.262 e. The number of carbonyl (C=O) groups is 1. The molecule has 0 atom stereocenters. The molecule has 3 heteroatoms. The van der Waals surface area contributed by atoms with Crippen molar-refractivity contribution in [3.63, 3.8) is 0 Å². The minimum atomic E-state index is -0.127. The van der Waals surface area contributed by atoms with Crippen molar-refractivity contribution in [1.82, 2.24) is 0 Å². The van der Waals surface area contributed by atoms with Crippen LogP contribution in [0.15, 0.2) is 36.4 Å². The first kappa shape index (κ1) is 13.7. The zero-order valence-corrected chi connectivity index (χ0v) is 12.4. The quantitative estimate of drug-likeness (QED) is 0.867. The molecule has 0 saturated carbocycles. The number of aromatic hydroxyl groups is 1. The summed E-state index contributed by atoms with van der Waals surface area (Å²) in [4.78, 5) is 14.5. The van der Waals surface area contributed by atoms with Crippen LogP contribution < -0.4 is 4.90 Å². The minimum Gasteiger partial charge on any atom is -0.507 e. The van der Waals surface area contributed by atoms with Gasteiger partial charge in [0.25, 0.3) is 5.91 Å². The number of phenols is 1. The molecule has 2 aromatic rings. The Morgan fingerprint density at radius 1 is 1.10 bits per heavy atom. The summed E-state index contributed by atoms with van der Waals surface area (Å²) in [5.74, 6) is -0.0726. The molecule has 3 nitrogen and oxygen atoms in total. The molecule has 2 aromatic carbocycles. The van der Waals surface area contributed by atoms with Crippen LogP contribution in [0, 0.1) is 13.8 Å². The van der Waals surface area contributed by atoms with Crippen LogP contribution in [-0.4, -0.2) is 17.6 Å². The van der Waals surface area contributed by atoms with Gasteiger partial charge in [-0.3, -0.25) is 4.79 Å². The maximum Gasteiger partial charge on any atom is 0.262 e. The Labute approximate surface area is 124 Å². The molecule has 1 amide bonds. The van der Waals surface area contributed by atoms with E-state index in [2.05, 4.69) is 13.0 Å². The van der Waals surface area contributed by atoms with Gasteiger partial charge in [0, 0.05) is 12.2 Å². The maximum atomic E-state index is 12.7. The fourth-order valence-electron chi connectivity index (χ4n) is 2.90. The SMILES string of the molecule is Cc1ccc(C(=O)N2CCCc3cc(C)ccc32)c(O)c1. The Balaban J connectivity index is 2.00. The number of aryl methyl sites for hydroxylation is 3. The third-order valence-electron chi connectivity index (χ3n) is 3.98. The van der Waals surface area contributed by atoms with E-state index in [0.717, 1.165) is 24.1 Å². The standard InChI is InChI=1S/C18H19NO2/c1-12-6-8-16-14(10-12)4-3-9-19(16)18(21)15-7-5-13(2)11-17(15)20/h5-8,10-11,20H,3-4,9H2,1-2H3. The highest BCUT2D eigenvalue weighted by molar-refractivity contribution is 6.08. The molecule has 0 spiro atoms. The second-order valence-electron chi connectivity index (χ2n) is 5.71. The average molecular weight is 281 g/mol. The fraction of sp³-hybridized carbons (Fsp3) is 0.278. The van der Waals surface area contributed by atoms with E-state index in [4.69, 9.17) is 0 Å². The predicted molar refractivity (Wildman–Crippen MR) is 84.0 cm³/mol. The van der Waals surface area contributed by atoms with Crippen molar-refractivity contribution in [2.24, 2.45) is 0 Å². The first-order valence-electron chi connectivity index (χ1n) is 7.27. The van der Waals surface area contributed by atoms with Gasteiger partial charge in [-0.25, -0.2) is 0 Å². The second-order valence-corrected chi connectivity index (χ2v) is 5.71. The van der Waals surface area contributed by atoms with Crippen LogP contribution >= 0.6 is 0 Å². The van der Waals surface area contributed by atoms with Crippen molar-refractivity contribution < 1.29 is 9.90 Å². The van der Waals surface area contributed by atoms with E-state index in [0.29, 0.717) is 12.1 Å². The fourth-order valence-corrected chi connectivity index (χ4v) is 2.90. The number of carbonyl (C=O) groups excluding carboxylic acids is 1. The maximum absolute atomic E-state index is 12.7. The van der Waals surface area contributed by atoms with Crippen LogP contribution in [0.4, 0.5) is 5.69 Å². The molecule has 0 unspecified atom stereocenters. The summed E-state index contributed by atoms with van der Waals surface area (Å²) in [6, 6.07) is 11.4. The highest BCUT2D eigenvalue weighted by Crippen LogP contribution is 2.31. The van der Waals surface area contributed by atoms with Gasteiger partial charge in [-0.15, -0.1) is 0 Å². The largest absolute Gasteiger partial charge is 0.507 e. The number of fused-ring (bicyclic) bond motifs is 1. The molecule has 1 aliphatic rings. The van der Waals surface area contributed by atoms with Gasteiger partial charge in [-0.05, 0) is 56.0 Å². The topological polar surface area (TPSA) is 40.5 Å². The van der Waals surface area contributed by atoms with Gasteiger partial charge in [0.05, 0.1) is 5.56 Å². The molecule has 21 heavy (non-hydrogen) atoms. The summed E-state index contributed by atoms with van der Waals surface area (Å²) >= 11 is 0. The molecule has 0 aliphatic carbocycles. The zero-order valence-electron chi connectivity index (χ0n) is 12.4. The monoisotopic (exact) mass is 281 g/mol. The van der Waals surface area contributed by atoms with Crippen molar-refractivity contribution in [1.29, 1.82) is 0 Å². The molecule has 108 valence electrons. The van der Waals surface area contributed by atoms with Gasteiger partial charge in [0.2, 0.25) is 0 Å². The third kappa shape index (κ3) is 2.51. The summed E-state index contributed by atoms with van der Waals surface area (Å²) in [5.41, 5.74) is 4.70. The van der Waals surface area contributed by atoms with E-state index >= 15 is 0 Å². The molecule has 0 aromatic heterocycles. The number of amides is 1. The molecular formula is C18H19NO2. The van der Waals surface area contributed by atoms with E-state index in [1.54, 1.807) is 17.0 Å². The molecule has 3 rings (SSSR count). The van der Waals surface area contributed by atoms with Crippen molar-refractivity contribution in [2.45, 2.75) is 26.7 Å². The van der Waals surface area contributed by atoms with Crippen LogP contribution in [0.3, 0.4) is 0 Å². The number of hydrogen-bond donors (Lipinski definition) is 1. The van der Waals surface area contributed by atoms with Crippen molar-refractivity contribution in [3.8, 4) is 5.75 Å². The number of hydrogen-bond acceptors (Lipinski definition) is 2. The van der Waals surface area contributed by atoms with Crippen molar-refractivity contribution in [3.05, 3.63) is 58.7 Å². The normalized spacial score (nSPS) is 13.9. The Bertz CT molecular complexity index is 706. The van der Waals surface area contributed by atoms with E-state index in [1.165, 1.54) is 11.1 Å². The van der Waals surface area contributed by atoms with Crippen LogP contribution in [0.25, 0.3) is 0 Å². The van der Waals surface area contributed by atoms with Crippen LogP contribution in [0.2, 0.25) is 0 Å². The lowest BCUT2D eigenvalue weighted by Crippen LogP contribution is -2.35. The summed E-state index contributed by atoms with van der Waals surface area (Å²) in [6.45, 7) is 4.65. The lowest BCUT2D eigenvalue weighted by atomic mass is 9.98. The number of rotatable bonds is 1. The van der Waals surface area contributed by atoms with Gasteiger partial charge in [-0.1, -0.05) is 23.8 Å². The van der Waals surface area contributed by atoms with E-state index < -0.39 is 0 Å². The van der Waals surface area contributed by atoms with Crippen LogP contribution in [0.1, 0.15) is 33.5 Å². The number of anilines is 1. The average Bonchev–Trinajstić information content (AvgIpc) is 2.45. The Kier molecular flexibility index (Phi) is 3.42. The van der Waals surface area contributed by atoms with Crippen molar-refractivity contribution in [2.75, 3.05) is 11.4 Å². The number of phenolic OH excluding ortho intramolecular Hbond substituents is 1. The summed E-state index contributed by atoms with van der Waals surface area (Å²) in [7, 11) is 0. The first-order chi connectivity index (χ1) is 10.1. The van der Waals surface area contributed by atoms with E-state index in [9.17, 15) is 9.90 Å². The highest BCUT2D eigenvalue weighted by Gasteiger charge is 2.25. The molecule has 0 fully saturated rings. The van der Waals surface area contributed by atoms with Gasteiger partial charge >= 0.3 is 0 Å². The Hall–Kier alpha value is -2.29. The van der Waals surface area contributed by atoms with E-state index in [-0.39, 0.29) is 11.7 Å². The molecule has 1 heterocycles. The zero-order chi connectivity index (χ0) is 15.0. The number of benzene rings is 2. The van der Waals surface area contributed by atoms with E-state index in [1.807, 2.05) is 25.1 Å². The molecule has 0 bridgehead atoms. The lowest BCUT2D eigenvalue weighted by Gasteiger charge is -2.30. The lowest BCUT2D eigenvalue weighted by molar-refractivity contribution is 0.0982. The summed E-state index contributed by atoms with van der Waals surface area (Å²) in [6.07, 6.45) is 1.95. The molecule has 0 saturated heterocycles. The molecule has 1 aliphatic heterocycles. The minimum absolute atomic E-state index is 0.0548. The van der Waals surface area contributed by atoms with Gasteiger partial charge < -0.3 is 10.0 Å². The predicted octanol–water partition coefficient (Wildman–Crippen LogP) is 3.60. The Morgan fingerprint density at radius 2 is 1.81 bits per heavy atom. The molecule has 1 N–H and O–H groups in total. The highest BCUT2D eigenvalue weighted by atomic mass is 16.3. The Morgan fingerprint density at radius 3 is 2.57 bits per heavy atom. The van der Waals surface area contributed by atoms with Crippen LogP contribution in [-0.2, 0) is 6.42 Å². The van der Waals surface area contributed by atoms with Gasteiger partial charge in [-0.2, -0.15) is 0 Å². The summed E-state index contributed by atoms with van der Waals surface area (Å²) in [5, 5.41) is 10.0. The van der Waals surface area contributed by atoms with Crippen molar-refractivity contribution >= 4 is 11.6 Å². The second kappa shape index (κ2) is 5.24. The number of nitrogens with zero attached hydrogens (tertiary/aromatic N) is 1.